The number of hydrogen-bond acceptors (Lipinski definition) is 7. The second-order valence-electron chi connectivity index (χ2n) is 10.8. The zero-order valence-corrected chi connectivity index (χ0v) is 23.6. The number of furan rings is 1. The summed E-state index contributed by atoms with van der Waals surface area (Å²) in [6.07, 6.45) is -3.23. The maximum atomic E-state index is 13.3. The summed E-state index contributed by atoms with van der Waals surface area (Å²) >= 11 is 0. The van der Waals surface area contributed by atoms with Gasteiger partial charge >= 0.3 is 6.18 Å². The fourth-order valence-electron chi connectivity index (χ4n) is 4.88. The van der Waals surface area contributed by atoms with Crippen LogP contribution < -0.4 is 10.6 Å². The number of aliphatic hydroxyl groups excluding tert-OH is 1. The third-order valence-corrected chi connectivity index (χ3v) is 7.05. The molecule has 230 valence electrons. The van der Waals surface area contributed by atoms with Crippen molar-refractivity contribution in [3.63, 3.8) is 0 Å². The number of benzene rings is 1. The van der Waals surface area contributed by atoms with Crippen LogP contribution in [0.15, 0.2) is 59.1 Å². The first-order chi connectivity index (χ1) is 20.3. The van der Waals surface area contributed by atoms with Crippen LogP contribution in [-0.2, 0) is 11.0 Å². The van der Waals surface area contributed by atoms with Crippen molar-refractivity contribution in [3.05, 3.63) is 71.7 Å². The predicted octanol–water partition coefficient (Wildman–Crippen LogP) is 3.99. The Hall–Kier alpha value is -4.39. The average molecular weight is 603 g/mol. The molecule has 3 aromatic rings. The minimum Gasteiger partial charge on any atom is -0.505 e. The highest BCUT2D eigenvalue weighted by Gasteiger charge is 2.33. The molecule has 13 heteroatoms. The molecule has 0 radical (unpaired) electrons. The SMILES string of the molecule is CC(C)C[C@H](NC(=O)c1ccc(-c2cccc(C(F)(F)F)c2)o1)C(=O)N[C@H]1CCCN(C(=O)c2ncccc2O)C[C@@H]1O. The van der Waals surface area contributed by atoms with E-state index < -0.39 is 47.6 Å². The number of likely N-dealkylation sites (tertiary alicyclic amines) is 1. The van der Waals surface area contributed by atoms with Crippen LogP contribution in [0, 0.1) is 5.92 Å². The van der Waals surface area contributed by atoms with E-state index in [9.17, 15) is 37.8 Å². The van der Waals surface area contributed by atoms with Crippen molar-refractivity contribution in [3.8, 4) is 17.1 Å². The molecule has 0 bridgehead atoms. The Morgan fingerprint density at radius 3 is 2.60 bits per heavy atom. The lowest BCUT2D eigenvalue weighted by molar-refractivity contribution is -0.137. The Bertz CT molecular complexity index is 1460. The van der Waals surface area contributed by atoms with Gasteiger partial charge in [-0.25, -0.2) is 4.98 Å². The van der Waals surface area contributed by atoms with Crippen LogP contribution >= 0.6 is 0 Å². The van der Waals surface area contributed by atoms with Crippen molar-refractivity contribution >= 4 is 17.7 Å². The van der Waals surface area contributed by atoms with Crippen molar-refractivity contribution in [2.45, 2.75) is 57.5 Å². The molecule has 2 aromatic heterocycles. The zero-order valence-electron chi connectivity index (χ0n) is 23.6. The van der Waals surface area contributed by atoms with E-state index in [4.69, 9.17) is 4.42 Å². The van der Waals surface area contributed by atoms with Crippen LogP contribution in [0.1, 0.15) is 59.7 Å². The van der Waals surface area contributed by atoms with Gasteiger partial charge in [-0.15, -0.1) is 0 Å². The Morgan fingerprint density at radius 2 is 1.91 bits per heavy atom. The lowest BCUT2D eigenvalue weighted by Gasteiger charge is -2.27. The lowest BCUT2D eigenvalue weighted by atomic mass is 10.0. The highest BCUT2D eigenvalue weighted by Crippen LogP contribution is 2.32. The number of carbonyl (C=O) groups excluding carboxylic acids is 3. The van der Waals surface area contributed by atoms with Gasteiger partial charge in [-0.1, -0.05) is 26.0 Å². The summed E-state index contributed by atoms with van der Waals surface area (Å²) in [5, 5.41) is 26.3. The molecule has 0 aliphatic carbocycles. The number of alkyl halides is 3. The minimum absolute atomic E-state index is 0.00783. The minimum atomic E-state index is -4.54. The van der Waals surface area contributed by atoms with Gasteiger partial charge in [0.2, 0.25) is 5.91 Å². The van der Waals surface area contributed by atoms with Crippen LogP contribution in [-0.4, -0.2) is 69.1 Å². The number of nitrogens with zero attached hydrogens (tertiary/aromatic N) is 2. The molecule has 3 amide bonds. The molecule has 0 saturated carbocycles. The van der Waals surface area contributed by atoms with Crippen molar-refractivity contribution in [1.29, 1.82) is 0 Å². The first-order valence-corrected chi connectivity index (χ1v) is 13.8. The van der Waals surface area contributed by atoms with Crippen LogP contribution in [0.25, 0.3) is 11.3 Å². The number of amides is 3. The van der Waals surface area contributed by atoms with E-state index in [2.05, 4.69) is 15.6 Å². The van der Waals surface area contributed by atoms with Crippen molar-refractivity contribution in [1.82, 2.24) is 20.5 Å². The summed E-state index contributed by atoms with van der Waals surface area (Å²) in [6, 6.07) is 8.32. The lowest BCUT2D eigenvalue weighted by Crippen LogP contribution is -2.54. The van der Waals surface area contributed by atoms with E-state index in [1.807, 2.05) is 13.8 Å². The predicted molar refractivity (Wildman–Crippen MR) is 149 cm³/mol. The number of carbonyl (C=O) groups is 3. The van der Waals surface area contributed by atoms with Gasteiger partial charge in [-0.3, -0.25) is 14.4 Å². The number of rotatable bonds is 8. The van der Waals surface area contributed by atoms with E-state index in [0.29, 0.717) is 12.8 Å². The molecule has 10 nitrogen and oxygen atoms in total. The highest BCUT2D eigenvalue weighted by molar-refractivity contribution is 5.96. The number of halogens is 3. The molecular weight excluding hydrogens is 569 g/mol. The Labute approximate surface area is 245 Å². The molecule has 1 aliphatic heterocycles. The Kier molecular flexibility index (Phi) is 9.74. The van der Waals surface area contributed by atoms with Gasteiger partial charge in [0.1, 0.15) is 17.6 Å². The Morgan fingerprint density at radius 1 is 1.14 bits per heavy atom. The second-order valence-corrected chi connectivity index (χ2v) is 10.8. The summed E-state index contributed by atoms with van der Waals surface area (Å²) < 4.78 is 44.9. The van der Waals surface area contributed by atoms with Crippen molar-refractivity contribution < 1.29 is 42.2 Å². The van der Waals surface area contributed by atoms with Crippen LogP contribution in [0.3, 0.4) is 0 Å². The number of pyridine rings is 1. The van der Waals surface area contributed by atoms with Crippen molar-refractivity contribution in [2.75, 3.05) is 13.1 Å². The number of aliphatic hydroxyl groups is 1. The van der Waals surface area contributed by atoms with E-state index in [0.717, 1.165) is 12.1 Å². The number of aromatic hydroxyl groups is 1. The summed E-state index contributed by atoms with van der Waals surface area (Å²) in [5.74, 6) is -2.23. The van der Waals surface area contributed by atoms with Crippen LogP contribution in [0.2, 0.25) is 0 Å². The maximum Gasteiger partial charge on any atom is 0.416 e. The molecule has 4 rings (SSSR count). The van der Waals surface area contributed by atoms with Gasteiger partial charge in [-0.05, 0) is 61.6 Å². The molecule has 3 atom stereocenters. The standard InChI is InChI=1S/C30H33F3N4O6/c1-17(2)14-21(36-28(41)25-11-10-24(43-25)18-6-3-7-19(15-18)30(31,32)33)27(40)35-20-8-5-13-37(16-23(20)39)29(42)26-22(38)9-4-12-34-26/h3-4,6-7,9-12,15,17,20-21,23,38-39H,5,8,13-14,16H2,1-2H3,(H,35,40)(H,36,41)/t20-,21-,23-/m0/s1. The smallest absolute Gasteiger partial charge is 0.416 e. The summed E-state index contributed by atoms with van der Waals surface area (Å²) in [6.45, 7) is 3.90. The van der Waals surface area contributed by atoms with Gasteiger partial charge < -0.3 is 30.2 Å². The highest BCUT2D eigenvalue weighted by atomic mass is 19.4. The third kappa shape index (κ3) is 7.92. The maximum absolute atomic E-state index is 13.3. The molecule has 1 aliphatic rings. The van der Waals surface area contributed by atoms with Crippen LogP contribution in [0.5, 0.6) is 5.75 Å². The quantitative estimate of drug-likeness (QED) is 0.305. The first-order valence-electron chi connectivity index (χ1n) is 13.8. The number of nitrogens with one attached hydrogen (secondary N) is 2. The van der Waals surface area contributed by atoms with Gasteiger partial charge in [0.25, 0.3) is 11.8 Å². The monoisotopic (exact) mass is 602 g/mol. The van der Waals surface area contributed by atoms with Gasteiger partial charge in [0.05, 0.1) is 17.7 Å². The zero-order chi connectivity index (χ0) is 31.3. The van der Waals surface area contributed by atoms with Gasteiger partial charge in [0.15, 0.2) is 11.5 Å². The van der Waals surface area contributed by atoms with E-state index in [-0.39, 0.29) is 54.0 Å². The van der Waals surface area contributed by atoms with Crippen molar-refractivity contribution in [2.24, 2.45) is 5.92 Å². The molecule has 0 unspecified atom stereocenters. The number of aromatic nitrogens is 1. The van der Waals surface area contributed by atoms with Gasteiger partial charge in [-0.2, -0.15) is 13.2 Å². The average Bonchev–Trinajstić information content (AvgIpc) is 3.38. The molecule has 1 aromatic carbocycles. The summed E-state index contributed by atoms with van der Waals surface area (Å²) in [4.78, 5) is 44.5. The van der Waals surface area contributed by atoms with Gasteiger partial charge in [0, 0.05) is 24.8 Å². The Balaban J connectivity index is 1.42. The van der Waals surface area contributed by atoms with E-state index >= 15 is 0 Å². The summed E-state index contributed by atoms with van der Waals surface area (Å²) in [5.41, 5.74) is -0.853. The first kappa shape index (κ1) is 31.5. The molecule has 4 N–H and O–H groups in total. The van der Waals surface area contributed by atoms with Crippen LogP contribution in [0.4, 0.5) is 13.2 Å². The molecule has 0 spiro atoms. The second kappa shape index (κ2) is 13.3. The fourth-order valence-corrected chi connectivity index (χ4v) is 4.88. The number of β-amino-alcohol motifs (C(OH)–C–C–N with tert-alkyl or cyclic N) is 1. The van der Waals surface area contributed by atoms with E-state index in [1.54, 1.807) is 0 Å². The normalized spacial score (nSPS) is 18.2. The molecule has 3 heterocycles. The molecule has 43 heavy (non-hydrogen) atoms. The molecule has 1 saturated heterocycles. The largest absolute Gasteiger partial charge is 0.505 e. The van der Waals surface area contributed by atoms with E-state index in [1.165, 1.54) is 47.5 Å². The molecular formula is C30H33F3N4O6. The fraction of sp³-hybridized carbons (Fsp3) is 0.400. The molecule has 1 fully saturated rings. The topological polar surface area (TPSA) is 145 Å². The number of hydrogen-bond donors (Lipinski definition) is 4. The third-order valence-electron chi connectivity index (χ3n) is 7.05. The summed E-state index contributed by atoms with van der Waals surface area (Å²) in [7, 11) is 0.